The van der Waals surface area contributed by atoms with Gasteiger partial charge >= 0.3 is 5.97 Å². The van der Waals surface area contributed by atoms with Crippen molar-refractivity contribution in [2.75, 3.05) is 6.61 Å². The number of halogens is 1. The first-order chi connectivity index (χ1) is 6.04. The molecule has 0 aromatic carbocycles. The lowest BCUT2D eigenvalue weighted by atomic mass is 10.3. The number of aliphatic hydroxyl groups is 1. The monoisotopic (exact) mass is 207 g/mol. The van der Waals surface area contributed by atoms with E-state index in [4.69, 9.17) is 16.7 Å². The Kier molecular flexibility index (Phi) is 5.06. The van der Waals surface area contributed by atoms with Crippen molar-refractivity contribution in [3.63, 3.8) is 0 Å². The molecule has 13 heavy (non-hydrogen) atoms. The lowest BCUT2D eigenvalue weighted by Gasteiger charge is -2.04. The standard InChI is InChI=1S/C7H10ClNO4/c1-3-13-7(11)5(9-12)6(10)4(2)8/h4,10H,3H2,1-2H3/b6-5-. The zero-order chi connectivity index (χ0) is 10.4. The van der Waals surface area contributed by atoms with Gasteiger partial charge in [-0.05, 0) is 19.0 Å². The van der Waals surface area contributed by atoms with Crippen LogP contribution in [0.25, 0.3) is 0 Å². The largest absolute Gasteiger partial charge is 0.508 e. The predicted molar refractivity (Wildman–Crippen MR) is 47.4 cm³/mol. The number of ether oxygens (including phenoxy) is 1. The van der Waals surface area contributed by atoms with Gasteiger partial charge in [-0.3, -0.25) is 0 Å². The molecule has 0 spiro atoms. The first-order valence-electron chi connectivity index (χ1n) is 3.62. The van der Waals surface area contributed by atoms with Crippen LogP contribution in [-0.2, 0) is 9.53 Å². The molecular formula is C7H10ClNO4. The molecule has 5 nitrogen and oxygen atoms in total. The summed E-state index contributed by atoms with van der Waals surface area (Å²) in [6.45, 7) is 3.07. The van der Waals surface area contributed by atoms with Crippen molar-refractivity contribution in [3.05, 3.63) is 16.4 Å². The number of aliphatic hydroxyl groups excluding tert-OH is 1. The second-order valence-electron chi connectivity index (χ2n) is 2.16. The molecule has 74 valence electrons. The van der Waals surface area contributed by atoms with E-state index in [-0.39, 0.29) is 6.61 Å². The molecule has 0 saturated heterocycles. The van der Waals surface area contributed by atoms with E-state index in [1.165, 1.54) is 6.92 Å². The summed E-state index contributed by atoms with van der Waals surface area (Å²) in [5, 5.41) is 10.6. The maximum Gasteiger partial charge on any atom is 0.364 e. The first kappa shape index (κ1) is 11.9. The highest BCUT2D eigenvalue weighted by atomic mass is 35.5. The van der Waals surface area contributed by atoms with E-state index in [9.17, 15) is 9.70 Å². The summed E-state index contributed by atoms with van der Waals surface area (Å²) in [4.78, 5) is 21.1. The fraction of sp³-hybridized carbons (Fsp3) is 0.571. The van der Waals surface area contributed by atoms with E-state index in [0.717, 1.165) is 0 Å². The van der Waals surface area contributed by atoms with Crippen molar-refractivity contribution in [1.29, 1.82) is 0 Å². The molecule has 1 unspecified atom stereocenters. The molecule has 0 saturated carbocycles. The van der Waals surface area contributed by atoms with E-state index in [0.29, 0.717) is 0 Å². The molecule has 0 heterocycles. The summed E-state index contributed by atoms with van der Waals surface area (Å²) in [5.74, 6) is -1.54. The van der Waals surface area contributed by atoms with Crippen molar-refractivity contribution >= 4 is 17.6 Å². The van der Waals surface area contributed by atoms with Crippen LogP contribution >= 0.6 is 11.6 Å². The van der Waals surface area contributed by atoms with Gasteiger partial charge in [0, 0.05) is 0 Å². The van der Waals surface area contributed by atoms with Gasteiger partial charge in [-0.25, -0.2) is 4.79 Å². The summed E-state index contributed by atoms with van der Waals surface area (Å²) < 4.78 is 4.46. The molecule has 1 atom stereocenters. The van der Waals surface area contributed by atoms with E-state index in [1.54, 1.807) is 6.92 Å². The molecule has 0 rings (SSSR count). The normalized spacial score (nSPS) is 14.4. The highest BCUT2D eigenvalue weighted by Crippen LogP contribution is 2.13. The third-order valence-corrected chi connectivity index (χ3v) is 1.39. The van der Waals surface area contributed by atoms with Crippen LogP contribution in [0.2, 0.25) is 0 Å². The Hall–Kier alpha value is -1.10. The van der Waals surface area contributed by atoms with Gasteiger partial charge in [-0.1, -0.05) is 0 Å². The molecule has 0 amide bonds. The smallest absolute Gasteiger partial charge is 0.364 e. The van der Waals surface area contributed by atoms with Crippen molar-refractivity contribution in [2.24, 2.45) is 5.18 Å². The lowest BCUT2D eigenvalue weighted by molar-refractivity contribution is -0.138. The number of esters is 1. The predicted octanol–water partition coefficient (Wildman–Crippen LogP) is 1.71. The average molecular weight is 208 g/mol. The Bertz CT molecular complexity index is 237. The third-order valence-electron chi connectivity index (χ3n) is 1.18. The van der Waals surface area contributed by atoms with Gasteiger partial charge in [0.2, 0.25) is 5.70 Å². The fourth-order valence-electron chi connectivity index (χ4n) is 0.576. The van der Waals surface area contributed by atoms with Gasteiger partial charge in [-0.15, -0.1) is 16.5 Å². The number of allylic oxidation sites excluding steroid dienone is 1. The number of alkyl halides is 1. The minimum absolute atomic E-state index is 0.0990. The quantitative estimate of drug-likeness (QED) is 0.250. The lowest BCUT2D eigenvalue weighted by Crippen LogP contribution is -2.11. The molecule has 0 bridgehead atoms. The highest BCUT2D eigenvalue weighted by Gasteiger charge is 2.20. The van der Waals surface area contributed by atoms with E-state index in [1.807, 2.05) is 0 Å². The molecule has 0 aliphatic heterocycles. The second kappa shape index (κ2) is 5.53. The molecule has 0 aromatic heterocycles. The van der Waals surface area contributed by atoms with Crippen molar-refractivity contribution < 1.29 is 14.6 Å². The van der Waals surface area contributed by atoms with Crippen LogP contribution in [0, 0.1) is 4.91 Å². The second-order valence-corrected chi connectivity index (χ2v) is 2.82. The Morgan fingerprint density at radius 1 is 1.69 bits per heavy atom. The summed E-state index contributed by atoms with van der Waals surface area (Å²) in [6, 6.07) is 0. The summed E-state index contributed by atoms with van der Waals surface area (Å²) in [6.07, 6.45) is 0. The number of hydrogen-bond acceptors (Lipinski definition) is 5. The number of carbonyl (C=O) groups excluding carboxylic acids is 1. The number of rotatable bonds is 4. The zero-order valence-corrected chi connectivity index (χ0v) is 8.04. The first-order valence-corrected chi connectivity index (χ1v) is 4.05. The van der Waals surface area contributed by atoms with Crippen LogP contribution in [0.4, 0.5) is 0 Å². The molecule has 1 N–H and O–H groups in total. The highest BCUT2D eigenvalue weighted by molar-refractivity contribution is 6.22. The van der Waals surface area contributed by atoms with Crippen LogP contribution in [0.15, 0.2) is 16.6 Å². The van der Waals surface area contributed by atoms with Gasteiger partial charge in [0.25, 0.3) is 0 Å². The van der Waals surface area contributed by atoms with Crippen LogP contribution in [0.3, 0.4) is 0 Å². The Balaban J connectivity index is 4.77. The molecule has 0 aliphatic carbocycles. The van der Waals surface area contributed by atoms with E-state index >= 15 is 0 Å². The minimum atomic E-state index is -0.970. The Morgan fingerprint density at radius 3 is 2.54 bits per heavy atom. The van der Waals surface area contributed by atoms with Gasteiger partial charge in [0.1, 0.15) is 5.76 Å². The number of nitroso groups, excluding NO2 is 1. The van der Waals surface area contributed by atoms with Crippen molar-refractivity contribution in [1.82, 2.24) is 0 Å². The third kappa shape index (κ3) is 3.42. The SMILES string of the molecule is CCOC(=O)/C(N=O)=C(/O)C(C)Cl. The van der Waals surface area contributed by atoms with Gasteiger partial charge in [-0.2, -0.15) is 0 Å². The van der Waals surface area contributed by atoms with Crippen LogP contribution in [0.5, 0.6) is 0 Å². The Labute approximate surface area is 80.3 Å². The molecule has 0 radical (unpaired) electrons. The summed E-state index contributed by atoms with van der Waals surface area (Å²) in [7, 11) is 0. The summed E-state index contributed by atoms with van der Waals surface area (Å²) in [5.41, 5.74) is -0.677. The molecule has 0 aromatic rings. The Morgan fingerprint density at radius 2 is 2.23 bits per heavy atom. The van der Waals surface area contributed by atoms with Crippen LogP contribution in [-0.4, -0.2) is 23.1 Å². The molecule has 0 fully saturated rings. The number of hydrogen-bond donors (Lipinski definition) is 1. The van der Waals surface area contributed by atoms with Gasteiger partial charge < -0.3 is 9.84 Å². The zero-order valence-electron chi connectivity index (χ0n) is 7.28. The average Bonchev–Trinajstić information content (AvgIpc) is 2.05. The number of nitrogens with zero attached hydrogens (tertiary/aromatic N) is 1. The number of carbonyl (C=O) groups is 1. The molecule has 6 heteroatoms. The maximum absolute atomic E-state index is 10.9. The fourth-order valence-corrected chi connectivity index (χ4v) is 0.680. The topological polar surface area (TPSA) is 76.0 Å². The maximum atomic E-state index is 10.9. The van der Waals surface area contributed by atoms with Gasteiger partial charge in [0.05, 0.1) is 12.0 Å². The van der Waals surface area contributed by atoms with Crippen molar-refractivity contribution in [2.45, 2.75) is 19.2 Å². The van der Waals surface area contributed by atoms with E-state index < -0.39 is 22.8 Å². The van der Waals surface area contributed by atoms with Crippen LogP contribution in [0.1, 0.15) is 13.8 Å². The molecule has 0 aliphatic rings. The van der Waals surface area contributed by atoms with Crippen LogP contribution < -0.4 is 0 Å². The van der Waals surface area contributed by atoms with Crippen molar-refractivity contribution in [3.8, 4) is 0 Å². The van der Waals surface area contributed by atoms with Gasteiger partial charge in [0.15, 0.2) is 0 Å². The molecular weight excluding hydrogens is 198 g/mol. The summed E-state index contributed by atoms with van der Waals surface area (Å²) >= 11 is 5.43. The van der Waals surface area contributed by atoms with E-state index in [2.05, 4.69) is 9.91 Å². The minimum Gasteiger partial charge on any atom is -0.508 e.